The van der Waals surface area contributed by atoms with Crippen molar-refractivity contribution in [2.75, 3.05) is 7.05 Å². The zero-order valence-electron chi connectivity index (χ0n) is 8.97. The number of ether oxygens (including phenoxy) is 1. The molecule has 1 aromatic rings. The Morgan fingerprint density at radius 3 is 2.44 bits per heavy atom. The zero-order chi connectivity index (χ0) is 12.1. The number of rotatable bonds is 4. The van der Waals surface area contributed by atoms with E-state index >= 15 is 0 Å². The molecule has 1 unspecified atom stereocenters. The molecule has 0 saturated carbocycles. The summed E-state index contributed by atoms with van der Waals surface area (Å²) in [5.41, 5.74) is -0.0403. The fourth-order valence-corrected chi connectivity index (χ4v) is 0.958. The molecule has 6 heteroatoms. The average molecular weight is 224 g/mol. The van der Waals surface area contributed by atoms with Gasteiger partial charge in [0.15, 0.2) is 0 Å². The van der Waals surface area contributed by atoms with Gasteiger partial charge in [0.25, 0.3) is 5.69 Å². The number of non-ortho nitro benzene ring substituents is 1. The highest BCUT2D eigenvalue weighted by Crippen LogP contribution is 2.17. The third-order valence-corrected chi connectivity index (χ3v) is 2.05. The maximum Gasteiger partial charge on any atom is 0.328 e. The van der Waals surface area contributed by atoms with Crippen molar-refractivity contribution in [3.63, 3.8) is 0 Å². The standard InChI is InChI=1S/C10H12N2O4/c1-7(11-2)10(13)16-9-5-3-8(4-6-9)12(14)15/h3-7,11H,1-2H3. The number of nitrogens with zero attached hydrogens (tertiary/aromatic N) is 1. The molecule has 1 atom stereocenters. The average Bonchev–Trinajstić information content (AvgIpc) is 2.28. The number of hydrogen-bond donors (Lipinski definition) is 1. The lowest BCUT2D eigenvalue weighted by atomic mass is 10.3. The van der Waals surface area contributed by atoms with Crippen LogP contribution in [0.25, 0.3) is 0 Å². The van der Waals surface area contributed by atoms with E-state index in [2.05, 4.69) is 5.32 Å². The molecule has 6 nitrogen and oxygen atoms in total. The number of likely N-dealkylation sites (N-methyl/N-ethyl adjacent to an activating group) is 1. The van der Waals surface area contributed by atoms with Crippen molar-refractivity contribution in [3.05, 3.63) is 34.4 Å². The van der Waals surface area contributed by atoms with Gasteiger partial charge in [-0.05, 0) is 26.1 Å². The summed E-state index contributed by atoms with van der Waals surface area (Å²) < 4.78 is 4.98. The Hall–Kier alpha value is -1.95. The van der Waals surface area contributed by atoms with Gasteiger partial charge in [-0.25, -0.2) is 4.79 Å². The van der Waals surface area contributed by atoms with Crippen LogP contribution >= 0.6 is 0 Å². The second kappa shape index (κ2) is 5.22. The minimum Gasteiger partial charge on any atom is -0.425 e. The molecule has 0 aromatic heterocycles. The first-order valence-corrected chi connectivity index (χ1v) is 4.68. The Kier molecular flexibility index (Phi) is 3.96. The summed E-state index contributed by atoms with van der Waals surface area (Å²) in [6, 6.07) is 4.92. The Labute approximate surface area is 92.4 Å². The summed E-state index contributed by atoms with van der Waals surface area (Å²) >= 11 is 0. The molecule has 0 radical (unpaired) electrons. The summed E-state index contributed by atoms with van der Waals surface area (Å²) in [6.07, 6.45) is 0. The second-order valence-corrected chi connectivity index (χ2v) is 3.18. The van der Waals surface area contributed by atoms with Gasteiger partial charge in [-0.1, -0.05) is 0 Å². The number of benzene rings is 1. The molecule has 1 rings (SSSR count). The van der Waals surface area contributed by atoms with Crippen LogP contribution in [0, 0.1) is 10.1 Å². The summed E-state index contributed by atoms with van der Waals surface area (Å²) in [6.45, 7) is 1.66. The summed E-state index contributed by atoms with van der Waals surface area (Å²) in [4.78, 5) is 21.2. The molecule has 0 saturated heterocycles. The third kappa shape index (κ3) is 3.03. The van der Waals surface area contributed by atoms with Gasteiger partial charge < -0.3 is 10.1 Å². The molecule has 16 heavy (non-hydrogen) atoms. The molecule has 0 heterocycles. The van der Waals surface area contributed by atoms with Crippen LogP contribution < -0.4 is 10.1 Å². The van der Waals surface area contributed by atoms with Gasteiger partial charge in [-0.3, -0.25) is 10.1 Å². The van der Waals surface area contributed by atoms with E-state index in [4.69, 9.17) is 4.74 Å². The normalized spacial score (nSPS) is 11.9. The predicted molar refractivity (Wildman–Crippen MR) is 57.3 cm³/mol. The number of nitrogens with one attached hydrogen (secondary N) is 1. The third-order valence-electron chi connectivity index (χ3n) is 2.05. The number of hydrogen-bond acceptors (Lipinski definition) is 5. The lowest BCUT2D eigenvalue weighted by Crippen LogP contribution is -2.34. The van der Waals surface area contributed by atoms with Crippen molar-refractivity contribution in [2.45, 2.75) is 13.0 Å². The lowest BCUT2D eigenvalue weighted by molar-refractivity contribution is -0.384. The molecule has 0 spiro atoms. The van der Waals surface area contributed by atoms with Gasteiger partial charge in [-0.15, -0.1) is 0 Å². The number of nitro groups is 1. The zero-order valence-corrected chi connectivity index (χ0v) is 8.97. The van der Waals surface area contributed by atoms with Gasteiger partial charge in [-0.2, -0.15) is 0 Å². The van der Waals surface area contributed by atoms with Crippen molar-refractivity contribution in [1.82, 2.24) is 5.32 Å². The van der Waals surface area contributed by atoms with Crippen molar-refractivity contribution < 1.29 is 14.5 Å². The fourth-order valence-electron chi connectivity index (χ4n) is 0.958. The maximum atomic E-state index is 11.3. The topological polar surface area (TPSA) is 81.5 Å². The first-order chi connectivity index (χ1) is 7.54. The van der Waals surface area contributed by atoms with Crippen LogP contribution in [0.15, 0.2) is 24.3 Å². The Morgan fingerprint density at radius 1 is 1.44 bits per heavy atom. The van der Waals surface area contributed by atoms with Crippen molar-refractivity contribution in [3.8, 4) is 5.75 Å². The number of carbonyl (C=O) groups excluding carboxylic acids is 1. The van der Waals surface area contributed by atoms with Crippen LogP contribution in [0.1, 0.15) is 6.92 Å². The molecule has 0 aliphatic rings. The smallest absolute Gasteiger partial charge is 0.328 e. The first-order valence-electron chi connectivity index (χ1n) is 4.68. The highest BCUT2D eigenvalue weighted by atomic mass is 16.6. The van der Waals surface area contributed by atoms with Crippen molar-refractivity contribution in [2.24, 2.45) is 0 Å². The fraction of sp³-hybridized carbons (Fsp3) is 0.300. The van der Waals surface area contributed by atoms with Crippen LogP contribution in [0.3, 0.4) is 0 Å². The predicted octanol–water partition coefficient (Wildman–Crippen LogP) is 1.11. The monoisotopic (exact) mass is 224 g/mol. The van der Waals surface area contributed by atoms with E-state index in [1.165, 1.54) is 24.3 Å². The van der Waals surface area contributed by atoms with E-state index in [1.54, 1.807) is 14.0 Å². The Morgan fingerprint density at radius 2 is 2.00 bits per heavy atom. The van der Waals surface area contributed by atoms with E-state index in [-0.39, 0.29) is 11.4 Å². The van der Waals surface area contributed by atoms with E-state index in [0.29, 0.717) is 0 Å². The quantitative estimate of drug-likeness (QED) is 0.358. The molecule has 0 fully saturated rings. The molecule has 0 amide bonds. The first kappa shape index (κ1) is 12.1. The summed E-state index contributed by atoms with van der Waals surface area (Å²) in [5, 5.41) is 13.1. The van der Waals surface area contributed by atoms with E-state index < -0.39 is 16.9 Å². The van der Waals surface area contributed by atoms with Gasteiger partial charge in [0.2, 0.25) is 0 Å². The number of carbonyl (C=O) groups is 1. The largest absolute Gasteiger partial charge is 0.425 e. The second-order valence-electron chi connectivity index (χ2n) is 3.18. The molecular weight excluding hydrogens is 212 g/mol. The lowest BCUT2D eigenvalue weighted by Gasteiger charge is -2.09. The summed E-state index contributed by atoms with van der Waals surface area (Å²) in [5.74, 6) is -0.144. The van der Waals surface area contributed by atoms with Gasteiger partial charge in [0.1, 0.15) is 11.8 Å². The van der Waals surface area contributed by atoms with Gasteiger partial charge in [0.05, 0.1) is 4.92 Å². The van der Waals surface area contributed by atoms with Crippen LogP contribution in [-0.2, 0) is 4.79 Å². The molecule has 1 aromatic carbocycles. The minimum absolute atomic E-state index is 0.0403. The Bertz CT molecular complexity index is 388. The highest BCUT2D eigenvalue weighted by Gasteiger charge is 2.13. The molecule has 0 aliphatic carbocycles. The molecule has 86 valence electrons. The van der Waals surface area contributed by atoms with Crippen LogP contribution in [0.4, 0.5) is 5.69 Å². The SMILES string of the molecule is CNC(C)C(=O)Oc1ccc([N+](=O)[O-])cc1. The van der Waals surface area contributed by atoms with Crippen molar-refractivity contribution in [1.29, 1.82) is 0 Å². The maximum absolute atomic E-state index is 11.3. The van der Waals surface area contributed by atoms with Gasteiger partial charge in [0, 0.05) is 12.1 Å². The van der Waals surface area contributed by atoms with Gasteiger partial charge >= 0.3 is 5.97 Å². The Balaban J connectivity index is 2.69. The van der Waals surface area contributed by atoms with E-state index in [9.17, 15) is 14.9 Å². The molecule has 1 N–H and O–H groups in total. The van der Waals surface area contributed by atoms with E-state index in [0.717, 1.165) is 0 Å². The summed E-state index contributed by atoms with van der Waals surface area (Å²) in [7, 11) is 1.64. The van der Waals surface area contributed by atoms with Crippen LogP contribution in [0.2, 0.25) is 0 Å². The van der Waals surface area contributed by atoms with Crippen LogP contribution in [-0.4, -0.2) is 24.0 Å². The van der Waals surface area contributed by atoms with Crippen LogP contribution in [0.5, 0.6) is 5.75 Å². The number of esters is 1. The number of nitro benzene ring substituents is 1. The van der Waals surface area contributed by atoms with E-state index in [1.807, 2.05) is 0 Å². The van der Waals surface area contributed by atoms with Crippen molar-refractivity contribution >= 4 is 11.7 Å². The highest BCUT2D eigenvalue weighted by molar-refractivity contribution is 5.77. The molecule has 0 bridgehead atoms. The molecular formula is C10H12N2O4. The minimum atomic E-state index is -0.512. The molecule has 0 aliphatic heterocycles.